The number of carbonyl (C=O) groups is 2. The number of aromatic nitrogens is 2. The summed E-state index contributed by atoms with van der Waals surface area (Å²) in [5.41, 5.74) is 6.38. The van der Waals surface area contributed by atoms with Crippen molar-refractivity contribution in [3.05, 3.63) is 81.8 Å². The van der Waals surface area contributed by atoms with Crippen LogP contribution >= 0.6 is 23.2 Å². The summed E-state index contributed by atoms with van der Waals surface area (Å²) in [4.78, 5) is 37.6. The fourth-order valence-corrected chi connectivity index (χ4v) is 8.05. The predicted molar refractivity (Wildman–Crippen MR) is 206 cm³/mol. The summed E-state index contributed by atoms with van der Waals surface area (Å²) in [5.74, 6) is 1.07. The molecule has 0 aliphatic carbocycles. The number of nitrogens with zero attached hydrogens (tertiary/aromatic N) is 4. The van der Waals surface area contributed by atoms with E-state index in [0.29, 0.717) is 46.3 Å². The van der Waals surface area contributed by atoms with Gasteiger partial charge in [-0.25, -0.2) is 9.97 Å². The Hall–Kier alpha value is -4.22. The van der Waals surface area contributed by atoms with Crippen LogP contribution in [0.15, 0.2) is 60.7 Å². The van der Waals surface area contributed by atoms with E-state index in [2.05, 4.69) is 20.4 Å². The number of likely N-dealkylation sites (tertiary alicyclic amines) is 2. The first-order valence-corrected chi connectivity index (χ1v) is 18.5. The summed E-state index contributed by atoms with van der Waals surface area (Å²) >= 11 is 14.3. The number of carbonyl (C=O) groups excluding carboxylic acids is 2. The lowest BCUT2D eigenvalue weighted by molar-refractivity contribution is -0.120. The quantitative estimate of drug-likeness (QED) is 0.169. The minimum Gasteiger partial charge on any atom is -0.481 e. The van der Waals surface area contributed by atoms with Crippen molar-refractivity contribution in [3.8, 4) is 45.4 Å². The molecule has 6 rings (SSSR count). The highest BCUT2D eigenvalue weighted by Crippen LogP contribution is 2.42. The molecule has 2 N–H and O–H groups in total. The minimum atomic E-state index is -0.00262. The van der Waals surface area contributed by atoms with Crippen molar-refractivity contribution < 1.29 is 19.1 Å². The molecule has 0 saturated carbocycles. The topological polar surface area (TPSA) is 109 Å². The molecule has 0 spiro atoms. The number of piperidine rings is 2. The maximum Gasteiger partial charge on any atom is 0.218 e. The van der Waals surface area contributed by atoms with Gasteiger partial charge in [-0.15, -0.1) is 0 Å². The number of hydrogen-bond donors (Lipinski definition) is 2. The molecule has 2 aromatic carbocycles. The van der Waals surface area contributed by atoms with Crippen LogP contribution in [0.5, 0.6) is 11.8 Å². The molecule has 2 aliphatic rings. The highest BCUT2D eigenvalue weighted by Gasteiger charge is 2.24. The number of methoxy groups -OCH3 is 2. The first kappa shape index (κ1) is 37.5. The first-order valence-electron chi connectivity index (χ1n) is 17.8. The number of halogens is 2. The average Bonchev–Trinajstić information content (AvgIpc) is 3.12. The van der Waals surface area contributed by atoms with Gasteiger partial charge >= 0.3 is 0 Å². The molecule has 52 heavy (non-hydrogen) atoms. The van der Waals surface area contributed by atoms with Crippen LogP contribution in [0.4, 0.5) is 0 Å². The SMILES string of the molecule is COc1nc(-c2cccc(-c3cccc(-c4ccc(CN5CCCC(NC(C)=O)C5)c(OC)n4)c3Cl)c2Cl)ccc1CN1CCCC(NC(C)=O)C1. The predicted octanol–water partition coefficient (Wildman–Crippen LogP) is 7.00. The molecule has 2 saturated heterocycles. The van der Waals surface area contributed by atoms with Crippen molar-refractivity contribution >= 4 is 35.0 Å². The summed E-state index contributed by atoms with van der Waals surface area (Å²) in [6, 6.07) is 20.0. The van der Waals surface area contributed by atoms with E-state index in [0.717, 1.165) is 85.2 Å². The number of benzene rings is 2. The summed E-state index contributed by atoms with van der Waals surface area (Å²) < 4.78 is 11.5. The van der Waals surface area contributed by atoms with Crippen LogP contribution in [0.1, 0.15) is 50.7 Å². The molecule has 274 valence electrons. The molecular formula is C40H46Cl2N6O4. The molecule has 4 aromatic rings. The van der Waals surface area contributed by atoms with Crippen LogP contribution < -0.4 is 20.1 Å². The summed E-state index contributed by atoms with van der Waals surface area (Å²) in [7, 11) is 3.25. The van der Waals surface area contributed by atoms with E-state index < -0.39 is 0 Å². The van der Waals surface area contributed by atoms with Crippen molar-refractivity contribution in [1.82, 2.24) is 30.4 Å². The molecule has 2 aromatic heterocycles. The molecule has 0 radical (unpaired) electrons. The van der Waals surface area contributed by atoms with E-state index in [-0.39, 0.29) is 23.9 Å². The monoisotopic (exact) mass is 744 g/mol. The lowest BCUT2D eigenvalue weighted by Crippen LogP contribution is -2.46. The van der Waals surface area contributed by atoms with Gasteiger partial charge in [0, 0.05) is 85.5 Å². The smallest absolute Gasteiger partial charge is 0.218 e. The van der Waals surface area contributed by atoms with E-state index in [1.807, 2.05) is 60.7 Å². The molecule has 12 heteroatoms. The highest BCUT2D eigenvalue weighted by molar-refractivity contribution is 6.39. The van der Waals surface area contributed by atoms with Crippen LogP contribution in [0.25, 0.3) is 33.6 Å². The van der Waals surface area contributed by atoms with E-state index in [9.17, 15) is 9.59 Å². The Kier molecular flexibility index (Phi) is 12.3. The van der Waals surface area contributed by atoms with Crippen molar-refractivity contribution in [2.75, 3.05) is 40.4 Å². The molecule has 2 atom stereocenters. The molecule has 2 fully saturated rings. The summed E-state index contributed by atoms with van der Waals surface area (Å²) in [5, 5.41) is 7.16. The third-order valence-corrected chi connectivity index (χ3v) is 10.5. The fraction of sp³-hybridized carbons (Fsp3) is 0.400. The van der Waals surface area contributed by atoms with Gasteiger partial charge in [0.1, 0.15) is 0 Å². The fourth-order valence-electron chi connectivity index (χ4n) is 7.40. The van der Waals surface area contributed by atoms with Gasteiger partial charge in [-0.3, -0.25) is 19.4 Å². The van der Waals surface area contributed by atoms with Gasteiger partial charge in [-0.2, -0.15) is 0 Å². The Labute approximate surface area is 315 Å². The third-order valence-electron chi connectivity index (χ3n) is 9.72. The van der Waals surface area contributed by atoms with Crippen LogP contribution in [0.3, 0.4) is 0 Å². The summed E-state index contributed by atoms with van der Waals surface area (Å²) in [6.07, 6.45) is 3.98. The van der Waals surface area contributed by atoms with E-state index in [1.165, 1.54) is 0 Å². The van der Waals surface area contributed by atoms with Crippen LogP contribution in [-0.4, -0.2) is 84.1 Å². The number of hydrogen-bond acceptors (Lipinski definition) is 8. The molecule has 10 nitrogen and oxygen atoms in total. The Morgan fingerprint density at radius 3 is 1.46 bits per heavy atom. The van der Waals surface area contributed by atoms with E-state index in [4.69, 9.17) is 42.6 Å². The lowest BCUT2D eigenvalue weighted by Gasteiger charge is -2.33. The lowest BCUT2D eigenvalue weighted by atomic mass is 9.98. The number of nitrogens with one attached hydrogen (secondary N) is 2. The zero-order valence-corrected chi connectivity index (χ0v) is 31.7. The third kappa shape index (κ3) is 8.86. The van der Waals surface area contributed by atoms with Gasteiger partial charge in [0.15, 0.2) is 0 Å². The number of ether oxygens (including phenoxy) is 2. The Bertz CT molecular complexity index is 1790. The standard InChI is InChI=1S/C40H46Cl2N6O4/c1-25(49)43-29-9-7-19-47(23-29)21-27-15-17-35(45-39(27)51-3)33-13-5-11-31(37(33)41)32-12-6-14-34(38(32)42)36-18-16-28(40(46-36)52-4)22-48-20-8-10-30(24-48)44-26(2)50/h5-6,11-18,29-30H,7-10,19-24H2,1-4H3,(H,43,49)(H,44,50). The number of pyridine rings is 2. The van der Waals surface area contributed by atoms with Crippen LogP contribution in [0, 0.1) is 0 Å². The molecule has 2 amide bonds. The second-order valence-electron chi connectivity index (χ2n) is 13.6. The van der Waals surface area contributed by atoms with Gasteiger partial charge in [0.05, 0.1) is 35.7 Å². The van der Waals surface area contributed by atoms with Gasteiger partial charge in [-0.1, -0.05) is 71.7 Å². The van der Waals surface area contributed by atoms with E-state index >= 15 is 0 Å². The highest BCUT2D eigenvalue weighted by atomic mass is 35.5. The van der Waals surface area contributed by atoms with Crippen LogP contribution in [-0.2, 0) is 22.7 Å². The minimum absolute atomic E-state index is 0.00262. The maximum absolute atomic E-state index is 11.6. The normalized spacial score (nSPS) is 18.1. The number of amides is 2. The van der Waals surface area contributed by atoms with Crippen molar-refractivity contribution in [1.29, 1.82) is 0 Å². The van der Waals surface area contributed by atoms with Crippen LogP contribution in [0.2, 0.25) is 10.0 Å². The van der Waals surface area contributed by atoms with Gasteiger partial charge in [0.25, 0.3) is 0 Å². The average molecular weight is 746 g/mol. The zero-order chi connectivity index (χ0) is 36.8. The Morgan fingerprint density at radius 2 is 1.08 bits per heavy atom. The largest absolute Gasteiger partial charge is 0.481 e. The molecule has 2 unspecified atom stereocenters. The second-order valence-corrected chi connectivity index (χ2v) is 14.4. The summed E-state index contributed by atoms with van der Waals surface area (Å²) in [6.45, 7) is 7.91. The van der Waals surface area contributed by atoms with Crippen molar-refractivity contribution in [3.63, 3.8) is 0 Å². The van der Waals surface area contributed by atoms with E-state index in [1.54, 1.807) is 28.1 Å². The Morgan fingerprint density at radius 1 is 0.673 bits per heavy atom. The van der Waals surface area contributed by atoms with Gasteiger partial charge in [0.2, 0.25) is 23.6 Å². The Balaban J connectivity index is 1.23. The van der Waals surface area contributed by atoms with Gasteiger partial charge in [-0.05, 0) is 50.9 Å². The second kappa shape index (κ2) is 17.1. The van der Waals surface area contributed by atoms with Gasteiger partial charge < -0.3 is 20.1 Å². The first-order chi connectivity index (χ1) is 25.1. The molecule has 2 aliphatic heterocycles. The van der Waals surface area contributed by atoms with Crippen molar-refractivity contribution in [2.45, 2.75) is 64.7 Å². The molecular weight excluding hydrogens is 699 g/mol. The molecule has 4 heterocycles. The maximum atomic E-state index is 11.6. The molecule has 0 bridgehead atoms. The zero-order valence-electron chi connectivity index (χ0n) is 30.2. The number of rotatable bonds is 11. The van der Waals surface area contributed by atoms with Crippen molar-refractivity contribution in [2.24, 2.45) is 0 Å².